The van der Waals surface area contributed by atoms with Crippen molar-refractivity contribution in [1.29, 1.82) is 0 Å². The average molecular weight is 293 g/mol. The quantitative estimate of drug-likeness (QED) is 0.867. The average Bonchev–Trinajstić information content (AvgIpc) is 3.00. The number of ketones is 1. The fourth-order valence-corrected chi connectivity index (χ4v) is 4.90. The van der Waals surface area contributed by atoms with Crippen LogP contribution in [0.4, 0.5) is 0 Å². The summed E-state index contributed by atoms with van der Waals surface area (Å²) in [6.45, 7) is 1.44. The maximum atomic E-state index is 12.4. The third-order valence-corrected chi connectivity index (χ3v) is 6.08. The molecule has 3 rings (SSSR count). The molecule has 4 nitrogen and oxygen atoms in total. The number of nitrogens with one attached hydrogen (secondary N) is 1. The number of carbonyl (C=O) groups excluding carboxylic acids is 1. The zero-order chi connectivity index (χ0) is 14.3. The highest BCUT2D eigenvalue weighted by Gasteiger charge is 2.41. The first kappa shape index (κ1) is 13.8. The molecule has 1 N–H and O–H groups in total. The molecule has 0 heterocycles. The smallest absolute Gasteiger partial charge is 0.240 e. The van der Waals surface area contributed by atoms with E-state index in [1.807, 2.05) is 0 Å². The minimum absolute atomic E-state index is 0.0692. The third kappa shape index (κ3) is 2.52. The summed E-state index contributed by atoms with van der Waals surface area (Å²) in [6, 6.07) is 6.32. The van der Waals surface area contributed by atoms with Crippen molar-refractivity contribution >= 4 is 15.8 Å². The number of fused-ring (bicyclic) bond motifs is 2. The van der Waals surface area contributed by atoms with Gasteiger partial charge in [-0.15, -0.1) is 0 Å². The van der Waals surface area contributed by atoms with Crippen molar-refractivity contribution in [2.24, 2.45) is 11.8 Å². The Hall–Kier alpha value is -1.20. The first-order valence-electron chi connectivity index (χ1n) is 7.09. The second kappa shape index (κ2) is 4.97. The van der Waals surface area contributed by atoms with E-state index >= 15 is 0 Å². The number of sulfonamides is 1. The van der Waals surface area contributed by atoms with Crippen LogP contribution in [-0.2, 0) is 10.0 Å². The maximum Gasteiger partial charge on any atom is 0.240 e. The number of carbonyl (C=O) groups is 1. The minimum Gasteiger partial charge on any atom is -0.295 e. The Morgan fingerprint density at radius 2 is 2.05 bits per heavy atom. The van der Waals surface area contributed by atoms with Gasteiger partial charge < -0.3 is 0 Å². The molecule has 0 amide bonds. The van der Waals surface area contributed by atoms with E-state index in [4.69, 9.17) is 0 Å². The predicted molar refractivity (Wildman–Crippen MR) is 76.0 cm³/mol. The van der Waals surface area contributed by atoms with Crippen LogP contribution in [-0.4, -0.2) is 20.2 Å². The lowest BCUT2D eigenvalue weighted by atomic mass is 9.96. The lowest BCUT2D eigenvalue weighted by Crippen LogP contribution is -2.38. The molecule has 1 aromatic rings. The molecule has 0 saturated heterocycles. The predicted octanol–water partition coefficient (Wildman–Crippen LogP) is 2.36. The van der Waals surface area contributed by atoms with Crippen molar-refractivity contribution in [3.05, 3.63) is 29.8 Å². The summed E-state index contributed by atoms with van der Waals surface area (Å²) in [4.78, 5) is 11.5. The van der Waals surface area contributed by atoms with E-state index < -0.39 is 10.0 Å². The van der Waals surface area contributed by atoms with Crippen molar-refractivity contribution < 1.29 is 13.2 Å². The summed E-state index contributed by atoms with van der Waals surface area (Å²) in [5, 5.41) is 0. The van der Waals surface area contributed by atoms with Crippen LogP contribution in [0.5, 0.6) is 0 Å². The molecule has 2 fully saturated rings. The molecule has 108 valence electrons. The summed E-state index contributed by atoms with van der Waals surface area (Å²) in [6.07, 6.45) is 4.48. The molecule has 0 aromatic heterocycles. The van der Waals surface area contributed by atoms with Gasteiger partial charge in [0.15, 0.2) is 5.78 Å². The molecular weight excluding hydrogens is 274 g/mol. The molecule has 2 bridgehead atoms. The zero-order valence-electron chi connectivity index (χ0n) is 11.5. The summed E-state index contributed by atoms with van der Waals surface area (Å²) in [5.74, 6) is 1.06. The van der Waals surface area contributed by atoms with Crippen LogP contribution in [0, 0.1) is 11.8 Å². The molecule has 20 heavy (non-hydrogen) atoms. The fraction of sp³-hybridized carbons (Fsp3) is 0.533. The summed E-state index contributed by atoms with van der Waals surface area (Å²) < 4.78 is 27.7. The second-order valence-corrected chi connectivity index (χ2v) is 7.70. The number of benzene rings is 1. The highest BCUT2D eigenvalue weighted by Crippen LogP contribution is 2.44. The van der Waals surface area contributed by atoms with Gasteiger partial charge in [0.05, 0.1) is 4.90 Å². The van der Waals surface area contributed by atoms with E-state index in [0.29, 0.717) is 17.4 Å². The topological polar surface area (TPSA) is 63.2 Å². The number of hydrogen-bond acceptors (Lipinski definition) is 3. The van der Waals surface area contributed by atoms with Crippen molar-refractivity contribution in [3.8, 4) is 0 Å². The molecule has 0 spiro atoms. The highest BCUT2D eigenvalue weighted by molar-refractivity contribution is 7.89. The van der Waals surface area contributed by atoms with E-state index in [2.05, 4.69) is 4.72 Å². The molecule has 0 aliphatic heterocycles. The van der Waals surface area contributed by atoms with E-state index in [1.165, 1.54) is 19.4 Å². The first-order chi connectivity index (χ1) is 9.45. The Morgan fingerprint density at radius 3 is 2.65 bits per heavy atom. The van der Waals surface area contributed by atoms with Gasteiger partial charge >= 0.3 is 0 Å². The minimum atomic E-state index is -3.52. The summed E-state index contributed by atoms with van der Waals surface area (Å²) in [5.41, 5.74) is 0.431. The van der Waals surface area contributed by atoms with Crippen LogP contribution in [0.2, 0.25) is 0 Å². The van der Waals surface area contributed by atoms with Gasteiger partial charge in [-0.3, -0.25) is 4.79 Å². The molecule has 3 unspecified atom stereocenters. The SMILES string of the molecule is CC(=O)c1cccc(S(=O)(=O)NC2CC3CCC2C3)c1. The maximum absolute atomic E-state index is 12.4. The van der Waals surface area contributed by atoms with Crippen LogP contribution in [0.1, 0.15) is 43.0 Å². The first-order valence-corrected chi connectivity index (χ1v) is 8.57. The second-order valence-electron chi connectivity index (χ2n) is 5.99. The third-order valence-electron chi connectivity index (χ3n) is 4.60. The Kier molecular flexibility index (Phi) is 3.42. The number of Topliss-reactive ketones (excluding diaryl/α,β-unsaturated/α-hetero) is 1. The van der Waals surface area contributed by atoms with Crippen molar-refractivity contribution in [3.63, 3.8) is 0 Å². The lowest BCUT2D eigenvalue weighted by Gasteiger charge is -2.22. The normalized spacial score (nSPS) is 28.8. The van der Waals surface area contributed by atoms with Gasteiger partial charge in [0.2, 0.25) is 10.0 Å². The Morgan fingerprint density at radius 1 is 1.25 bits per heavy atom. The molecule has 3 atom stereocenters. The van der Waals surface area contributed by atoms with E-state index in [1.54, 1.807) is 18.2 Å². The molecular formula is C15H19NO3S. The van der Waals surface area contributed by atoms with Gasteiger partial charge in [-0.25, -0.2) is 13.1 Å². The molecule has 1 aromatic carbocycles. The molecule has 5 heteroatoms. The van der Waals surface area contributed by atoms with Crippen LogP contribution in [0.25, 0.3) is 0 Å². The fourth-order valence-electron chi connectivity index (χ4n) is 3.54. The van der Waals surface area contributed by atoms with Gasteiger partial charge in [0, 0.05) is 11.6 Å². The number of rotatable bonds is 4. The van der Waals surface area contributed by atoms with Crippen LogP contribution in [0.15, 0.2) is 29.2 Å². The van der Waals surface area contributed by atoms with Crippen LogP contribution < -0.4 is 4.72 Å². The molecule has 0 radical (unpaired) electrons. The molecule has 2 aliphatic carbocycles. The van der Waals surface area contributed by atoms with Crippen molar-refractivity contribution in [2.45, 2.75) is 43.5 Å². The Labute approximate surface area is 119 Å². The van der Waals surface area contributed by atoms with E-state index in [-0.39, 0.29) is 16.7 Å². The Balaban J connectivity index is 1.81. The molecule has 2 saturated carbocycles. The highest BCUT2D eigenvalue weighted by atomic mass is 32.2. The van der Waals surface area contributed by atoms with Gasteiger partial charge in [0.25, 0.3) is 0 Å². The Bertz CT molecular complexity index is 638. The van der Waals surface area contributed by atoms with Crippen LogP contribution >= 0.6 is 0 Å². The zero-order valence-corrected chi connectivity index (χ0v) is 12.3. The summed E-state index contributed by atoms with van der Waals surface area (Å²) >= 11 is 0. The van der Waals surface area contributed by atoms with E-state index in [0.717, 1.165) is 19.3 Å². The van der Waals surface area contributed by atoms with Gasteiger partial charge in [-0.1, -0.05) is 18.6 Å². The van der Waals surface area contributed by atoms with Gasteiger partial charge in [0.1, 0.15) is 0 Å². The molecule has 2 aliphatic rings. The van der Waals surface area contributed by atoms with E-state index in [9.17, 15) is 13.2 Å². The summed E-state index contributed by atoms with van der Waals surface area (Å²) in [7, 11) is -3.52. The largest absolute Gasteiger partial charge is 0.295 e. The van der Waals surface area contributed by atoms with Gasteiger partial charge in [-0.2, -0.15) is 0 Å². The number of hydrogen-bond donors (Lipinski definition) is 1. The van der Waals surface area contributed by atoms with Crippen molar-refractivity contribution in [1.82, 2.24) is 4.72 Å². The monoisotopic (exact) mass is 293 g/mol. The van der Waals surface area contributed by atoms with Gasteiger partial charge in [-0.05, 0) is 50.2 Å². The standard InChI is InChI=1S/C15H19NO3S/c1-10(17)12-3-2-4-14(9-12)20(18,19)16-15-8-11-5-6-13(15)7-11/h2-4,9,11,13,15-16H,5-8H2,1H3. The van der Waals surface area contributed by atoms with Crippen molar-refractivity contribution in [2.75, 3.05) is 0 Å². The van der Waals surface area contributed by atoms with Crippen LogP contribution in [0.3, 0.4) is 0 Å². The lowest BCUT2D eigenvalue weighted by molar-refractivity contribution is 0.101.